The molecule has 0 bridgehead atoms. The van der Waals surface area contributed by atoms with Crippen LogP contribution in [0.2, 0.25) is 0 Å². The minimum atomic E-state index is -4.85. The molecule has 0 saturated carbocycles. The molecule has 1 aromatic rings. The molecule has 1 aromatic carbocycles. The highest BCUT2D eigenvalue weighted by Crippen LogP contribution is 2.40. The number of piperidine rings is 1. The summed E-state index contributed by atoms with van der Waals surface area (Å²) in [6.45, 7) is 0.801. The molecule has 2 saturated heterocycles. The SMILES string of the molecule is N[C@H]1CCN(c2ccc3c(c2)CCC3NC(=O)C(F)(F)F)C2OC21. The number of aryl methyl sites for hydroxylation is 1. The molecular weight excluding hydrogens is 323 g/mol. The molecule has 24 heavy (non-hydrogen) atoms. The number of fused-ring (bicyclic) bond motifs is 2. The van der Waals surface area contributed by atoms with Gasteiger partial charge in [-0.25, -0.2) is 0 Å². The first-order chi connectivity index (χ1) is 11.3. The van der Waals surface area contributed by atoms with Gasteiger partial charge in [-0.2, -0.15) is 13.2 Å². The molecule has 130 valence electrons. The van der Waals surface area contributed by atoms with E-state index in [1.807, 2.05) is 18.2 Å². The Labute approximate surface area is 136 Å². The number of hydrogen-bond acceptors (Lipinski definition) is 4. The maximum absolute atomic E-state index is 12.4. The average molecular weight is 341 g/mol. The van der Waals surface area contributed by atoms with Gasteiger partial charge in [0.05, 0.1) is 6.04 Å². The van der Waals surface area contributed by atoms with E-state index in [9.17, 15) is 18.0 Å². The van der Waals surface area contributed by atoms with Gasteiger partial charge in [0, 0.05) is 18.3 Å². The molecule has 1 aliphatic carbocycles. The van der Waals surface area contributed by atoms with Gasteiger partial charge in [-0.1, -0.05) is 6.07 Å². The minimum Gasteiger partial charge on any atom is -0.346 e. The number of carbonyl (C=O) groups excluding carboxylic acids is 1. The van der Waals surface area contributed by atoms with Crippen molar-refractivity contribution in [2.75, 3.05) is 11.4 Å². The molecule has 4 atom stereocenters. The van der Waals surface area contributed by atoms with E-state index in [0.717, 1.165) is 29.8 Å². The first-order valence-electron chi connectivity index (χ1n) is 8.03. The molecule has 3 aliphatic rings. The number of hydrogen-bond donors (Lipinski definition) is 2. The Kier molecular flexibility index (Phi) is 3.50. The smallest absolute Gasteiger partial charge is 0.346 e. The lowest BCUT2D eigenvalue weighted by molar-refractivity contribution is -0.174. The van der Waals surface area contributed by atoms with Crippen molar-refractivity contribution < 1.29 is 22.7 Å². The molecule has 0 spiro atoms. The third kappa shape index (κ3) is 2.63. The number of rotatable bonds is 2. The van der Waals surface area contributed by atoms with E-state index in [2.05, 4.69) is 10.2 Å². The topological polar surface area (TPSA) is 70.9 Å². The molecule has 0 radical (unpaired) electrons. The van der Waals surface area contributed by atoms with Crippen LogP contribution in [-0.4, -0.2) is 37.0 Å². The van der Waals surface area contributed by atoms with Crippen molar-refractivity contribution >= 4 is 11.6 Å². The molecule has 0 aromatic heterocycles. The zero-order chi connectivity index (χ0) is 17.1. The summed E-state index contributed by atoms with van der Waals surface area (Å²) in [4.78, 5) is 13.3. The van der Waals surface area contributed by atoms with E-state index < -0.39 is 18.1 Å². The van der Waals surface area contributed by atoms with Crippen LogP contribution in [0.15, 0.2) is 18.2 Å². The Morgan fingerprint density at radius 1 is 1.33 bits per heavy atom. The van der Waals surface area contributed by atoms with Crippen LogP contribution in [0.4, 0.5) is 18.9 Å². The molecule has 2 aliphatic heterocycles. The van der Waals surface area contributed by atoms with Crippen molar-refractivity contribution in [3.63, 3.8) is 0 Å². The van der Waals surface area contributed by atoms with Crippen LogP contribution in [0.1, 0.15) is 30.0 Å². The third-order valence-corrected chi connectivity index (χ3v) is 5.03. The van der Waals surface area contributed by atoms with Crippen LogP contribution in [-0.2, 0) is 16.0 Å². The molecule has 2 heterocycles. The largest absolute Gasteiger partial charge is 0.471 e. The van der Waals surface area contributed by atoms with E-state index >= 15 is 0 Å². The fourth-order valence-electron chi connectivity index (χ4n) is 3.71. The van der Waals surface area contributed by atoms with Crippen molar-refractivity contribution in [1.82, 2.24) is 5.32 Å². The summed E-state index contributed by atoms with van der Waals surface area (Å²) >= 11 is 0. The Bertz CT molecular complexity index is 679. The van der Waals surface area contributed by atoms with Crippen molar-refractivity contribution in [1.29, 1.82) is 0 Å². The van der Waals surface area contributed by atoms with E-state index in [4.69, 9.17) is 10.5 Å². The first kappa shape index (κ1) is 15.7. The number of anilines is 1. The van der Waals surface area contributed by atoms with Gasteiger partial charge >= 0.3 is 12.1 Å². The van der Waals surface area contributed by atoms with Crippen molar-refractivity contribution in [3.05, 3.63) is 29.3 Å². The molecule has 5 nitrogen and oxygen atoms in total. The minimum absolute atomic E-state index is 0.00827. The van der Waals surface area contributed by atoms with Crippen LogP contribution in [0.5, 0.6) is 0 Å². The van der Waals surface area contributed by atoms with Crippen LogP contribution in [0.25, 0.3) is 0 Å². The van der Waals surface area contributed by atoms with Crippen LogP contribution < -0.4 is 16.0 Å². The van der Waals surface area contributed by atoms with Crippen molar-refractivity contribution in [3.8, 4) is 0 Å². The lowest BCUT2D eigenvalue weighted by atomic mass is 10.0. The molecular formula is C16H18F3N3O2. The Balaban J connectivity index is 1.50. The number of nitrogens with zero attached hydrogens (tertiary/aromatic N) is 1. The quantitative estimate of drug-likeness (QED) is 0.802. The number of nitrogens with two attached hydrogens (primary N) is 1. The van der Waals surface area contributed by atoms with Crippen molar-refractivity contribution in [2.24, 2.45) is 5.73 Å². The number of benzene rings is 1. The lowest BCUT2D eigenvalue weighted by Crippen LogP contribution is -2.43. The highest BCUT2D eigenvalue weighted by molar-refractivity contribution is 5.82. The van der Waals surface area contributed by atoms with Gasteiger partial charge in [0.15, 0.2) is 6.23 Å². The van der Waals surface area contributed by atoms with Gasteiger partial charge < -0.3 is 20.7 Å². The predicted octanol–water partition coefficient (Wildman–Crippen LogP) is 1.61. The standard InChI is InChI=1S/C16H18F3N3O2/c17-16(18,19)15(23)21-12-4-1-8-7-9(2-3-10(8)12)22-6-5-11(20)13-14(22)24-13/h2-3,7,11-14H,1,4-6,20H2,(H,21,23)/t11-,12?,13?,14?/m0/s1. The fraction of sp³-hybridized carbons (Fsp3) is 0.562. The van der Waals surface area contributed by atoms with Crippen LogP contribution in [0, 0.1) is 0 Å². The number of alkyl halides is 3. The van der Waals surface area contributed by atoms with Gasteiger partial charge in [0.1, 0.15) is 6.10 Å². The van der Waals surface area contributed by atoms with E-state index in [1.54, 1.807) is 0 Å². The van der Waals surface area contributed by atoms with Crippen molar-refractivity contribution in [2.45, 2.75) is 49.9 Å². The molecule has 3 N–H and O–H groups in total. The Morgan fingerprint density at radius 2 is 2.12 bits per heavy atom. The molecule has 3 unspecified atom stereocenters. The number of carbonyl (C=O) groups is 1. The summed E-state index contributed by atoms with van der Waals surface area (Å²) in [6, 6.07) is 5.17. The second-order valence-electron chi connectivity index (χ2n) is 6.58. The summed E-state index contributed by atoms with van der Waals surface area (Å²) in [5.41, 5.74) is 8.70. The Morgan fingerprint density at radius 3 is 2.88 bits per heavy atom. The summed E-state index contributed by atoms with van der Waals surface area (Å²) in [5.74, 6) is -1.89. The number of nitrogens with one attached hydrogen (secondary N) is 1. The maximum Gasteiger partial charge on any atom is 0.471 e. The van der Waals surface area contributed by atoms with E-state index in [0.29, 0.717) is 12.8 Å². The zero-order valence-electron chi connectivity index (χ0n) is 12.8. The summed E-state index contributed by atoms with van der Waals surface area (Å²) in [7, 11) is 0. The summed E-state index contributed by atoms with van der Waals surface area (Å²) < 4.78 is 42.9. The first-order valence-corrected chi connectivity index (χ1v) is 8.03. The van der Waals surface area contributed by atoms with Crippen LogP contribution >= 0.6 is 0 Å². The monoisotopic (exact) mass is 341 g/mol. The van der Waals surface area contributed by atoms with Crippen LogP contribution in [0.3, 0.4) is 0 Å². The number of amides is 1. The predicted molar refractivity (Wildman–Crippen MR) is 80.3 cm³/mol. The van der Waals surface area contributed by atoms with Gasteiger partial charge in [0.2, 0.25) is 0 Å². The number of epoxide rings is 1. The normalized spacial score (nSPS) is 31.4. The second kappa shape index (κ2) is 5.35. The number of halogens is 3. The van der Waals surface area contributed by atoms with Gasteiger partial charge in [-0.3, -0.25) is 4.79 Å². The second-order valence-corrected chi connectivity index (χ2v) is 6.58. The van der Waals surface area contributed by atoms with E-state index in [-0.39, 0.29) is 18.4 Å². The highest BCUT2D eigenvalue weighted by Gasteiger charge is 2.51. The fourth-order valence-corrected chi connectivity index (χ4v) is 3.71. The molecule has 2 fully saturated rings. The summed E-state index contributed by atoms with van der Waals surface area (Å²) in [6.07, 6.45) is -2.79. The zero-order valence-corrected chi connectivity index (χ0v) is 12.8. The summed E-state index contributed by atoms with van der Waals surface area (Å²) in [5, 5.41) is 2.08. The molecule has 4 rings (SSSR count). The Hall–Kier alpha value is -1.80. The van der Waals surface area contributed by atoms with E-state index in [1.165, 1.54) is 0 Å². The van der Waals surface area contributed by atoms with Gasteiger partial charge in [0.25, 0.3) is 0 Å². The third-order valence-electron chi connectivity index (χ3n) is 5.03. The number of ether oxygens (including phenoxy) is 1. The van der Waals surface area contributed by atoms with Gasteiger partial charge in [-0.05, 0) is 42.5 Å². The maximum atomic E-state index is 12.4. The highest BCUT2D eigenvalue weighted by atomic mass is 19.4. The molecule has 8 heteroatoms. The average Bonchev–Trinajstić information content (AvgIpc) is 3.24. The molecule has 1 amide bonds. The van der Waals surface area contributed by atoms with Gasteiger partial charge in [-0.15, -0.1) is 0 Å². The lowest BCUT2D eigenvalue weighted by Gasteiger charge is -2.29.